The number of hydrogen-bond donors (Lipinski definition) is 8. The summed E-state index contributed by atoms with van der Waals surface area (Å²) in [5.74, 6) is -4.89. The van der Waals surface area contributed by atoms with Crippen LogP contribution in [0.15, 0.2) is 35.3 Å². The molecule has 0 saturated carbocycles. The molecular formula is C24H38N8O6. The number of carbonyl (C=O) groups is 5. The predicted octanol–water partition coefficient (Wildman–Crippen LogP) is -2.32. The van der Waals surface area contributed by atoms with Crippen LogP contribution >= 0.6 is 0 Å². The quantitative estimate of drug-likeness (QED) is 0.0642. The number of nitrogens with two attached hydrogens (primary N) is 4. The summed E-state index contributed by atoms with van der Waals surface area (Å²) in [6.45, 7) is 3.70. The van der Waals surface area contributed by atoms with Crippen molar-refractivity contribution in [2.75, 3.05) is 6.54 Å². The van der Waals surface area contributed by atoms with Crippen molar-refractivity contribution in [1.82, 2.24) is 16.0 Å². The highest BCUT2D eigenvalue weighted by molar-refractivity contribution is 5.95. The summed E-state index contributed by atoms with van der Waals surface area (Å²) in [5.41, 5.74) is 22.3. The van der Waals surface area contributed by atoms with Crippen LogP contribution in [-0.2, 0) is 30.4 Å². The maximum absolute atomic E-state index is 13.2. The lowest BCUT2D eigenvalue weighted by molar-refractivity contribution is -0.143. The molecule has 0 fully saturated rings. The Morgan fingerprint density at radius 3 is 2.03 bits per heavy atom. The lowest BCUT2D eigenvalue weighted by atomic mass is 10.00. The van der Waals surface area contributed by atoms with Crippen molar-refractivity contribution in [3.8, 4) is 0 Å². The minimum atomic E-state index is -1.58. The van der Waals surface area contributed by atoms with Crippen LogP contribution in [0.4, 0.5) is 0 Å². The fourth-order valence-electron chi connectivity index (χ4n) is 3.44. The number of carbonyl (C=O) groups excluding carboxylic acids is 4. The number of rotatable bonds is 16. The van der Waals surface area contributed by atoms with Crippen LogP contribution in [0.2, 0.25) is 0 Å². The summed E-state index contributed by atoms with van der Waals surface area (Å²) in [6.07, 6.45) is 0.105. The van der Waals surface area contributed by atoms with Crippen LogP contribution in [0.1, 0.15) is 38.7 Å². The Labute approximate surface area is 221 Å². The summed E-state index contributed by atoms with van der Waals surface area (Å²) in [5, 5.41) is 16.8. The van der Waals surface area contributed by atoms with Gasteiger partial charge < -0.3 is 44.0 Å². The molecule has 0 spiro atoms. The summed E-state index contributed by atoms with van der Waals surface area (Å²) < 4.78 is 0. The number of amides is 4. The minimum absolute atomic E-state index is 0.0182. The van der Waals surface area contributed by atoms with Gasteiger partial charge in [0.1, 0.15) is 18.1 Å². The van der Waals surface area contributed by atoms with E-state index in [0.717, 1.165) is 0 Å². The van der Waals surface area contributed by atoms with Gasteiger partial charge in [0.15, 0.2) is 5.96 Å². The molecule has 1 aromatic carbocycles. The Bertz CT molecular complexity index is 997. The van der Waals surface area contributed by atoms with E-state index in [2.05, 4.69) is 20.9 Å². The highest BCUT2D eigenvalue weighted by Gasteiger charge is 2.32. The third-order valence-electron chi connectivity index (χ3n) is 5.49. The number of hydrogen-bond acceptors (Lipinski definition) is 7. The molecule has 0 saturated heterocycles. The molecule has 0 heterocycles. The highest BCUT2D eigenvalue weighted by Crippen LogP contribution is 2.08. The zero-order chi connectivity index (χ0) is 28.8. The molecule has 14 heteroatoms. The first kappa shape index (κ1) is 31.8. The fraction of sp³-hybridized carbons (Fsp3) is 0.500. The van der Waals surface area contributed by atoms with Crippen molar-refractivity contribution in [3.05, 3.63) is 35.9 Å². The molecule has 210 valence electrons. The Hall–Kier alpha value is -4.20. The first-order chi connectivity index (χ1) is 17.8. The molecule has 4 amide bonds. The molecule has 0 aliphatic rings. The van der Waals surface area contributed by atoms with Gasteiger partial charge >= 0.3 is 5.97 Å². The molecule has 0 aromatic heterocycles. The van der Waals surface area contributed by atoms with Gasteiger partial charge in [0.25, 0.3) is 0 Å². The lowest BCUT2D eigenvalue weighted by Crippen LogP contribution is -2.59. The second kappa shape index (κ2) is 15.8. The van der Waals surface area contributed by atoms with Gasteiger partial charge in [0, 0.05) is 13.0 Å². The van der Waals surface area contributed by atoms with Gasteiger partial charge in [-0.15, -0.1) is 0 Å². The van der Waals surface area contributed by atoms with Crippen LogP contribution < -0.4 is 38.9 Å². The largest absolute Gasteiger partial charge is 0.480 e. The number of benzene rings is 1. The standard InChI is InChI=1S/C24H38N8O6/c1-13(2)19(32-20(34)15(25)9-6-10-29-24(27)28)22(36)30-16(11-14-7-4-3-5-8-14)21(35)31-17(23(37)38)12-18(26)33/h3-5,7-8,13,15-17,19H,6,9-12,25H2,1-2H3,(H2,26,33)(H,30,36)(H,31,35)(H,32,34)(H,37,38)(H4,27,28,29). The smallest absolute Gasteiger partial charge is 0.326 e. The number of nitrogens with zero attached hydrogens (tertiary/aromatic N) is 1. The zero-order valence-electron chi connectivity index (χ0n) is 21.6. The van der Waals surface area contributed by atoms with Crippen LogP contribution in [0.5, 0.6) is 0 Å². The number of aliphatic carboxylic acids is 1. The number of primary amides is 1. The maximum Gasteiger partial charge on any atom is 0.326 e. The van der Waals surface area contributed by atoms with Gasteiger partial charge in [-0.3, -0.25) is 24.2 Å². The van der Waals surface area contributed by atoms with Crippen molar-refractivity contribution in [2.24, 2.45) is 33.8 Å². The molecule has 0 bridgehead atoms. The normalized spacial score (nSPS) is 13.9. The maximum atomic E-state index is 13.2. The first-order valence-corrected chi connectivity index (χ1v) is 12.1. The van der Waals surface area contributed by atoms with Crippen LogP contribution in [0.3, 0.4) is 0 Å². The van der Waals surface area contributed by atoms with Gasteiger partial charge in [0.2, 0.25) is 23.6 Å². The summed E-state index contributed by atoms with van der Waals surface area (Å²) in [6, 6.07) is 3.95. The van der Waals surface area contributed by atoms with E-state index in [1.165, 1.54) is 0 Å². The molecule has 1 aromatic rings. The first-order valence-electron chi connectivity index (χ1n) is 12.1. The summed E-state index contributed by atoms with van der Waals surface area (Å²) in [7, 11) is 0. The SMILES string of the molecule is CC(C)C(NC(=O)C(N)CCCN=C(N)N)C(=O)NC(Cc1ccccc1)C(=O)NC(CC(N)=O)C(=O)O. The molecule has 4 unspecified atom stereocenters. The van der Waals surface area contributed by atoms with Crippen molar-refractivity contribution < 1.29 is 29.1 Å². The second-order valence-electron chi connectivity index (χ2n) is 9.11. The van der Waals surface area contributed by atoms with Gasteiger partial charge in [-0.05, 0) is 24.3 Å². The molecule has 12 N–H and O–H groups in total. The van der Waals surface area contributed by atoms with E-state index in [4.69, 9.17) is 22.9 Å². The number of aliphatic imine (C=N–C) groups is 1. The Morgan fingerprint density at radius 2 is 1.50 bits per heavy atom. The number of guanidine groups is 1. The van der Waals surface area contributed by atoms with Crippen molar-refractivity contribution in [1.29, 1.82) is 0 Å². The summed E-state index contributed by atoms with van der Waals surface area (Å²) in [4.78, 5) is 65.4. The highest BCUT2D eigenvalue weighted by atomic mass is 16.4. The van der Waals surface area contributed by atoms with E-state index in [1.807, 2.05) is 0 Å². The molecular weight excluding hydrogens is 496 g/mol. The third-order valence-corrected chi connectivity index (χ3v) is 5.49. The Morgan fingerprint density at radius 1 is 0.895 bits per heavy atom. The van der Waals surface area contributed by atoms with Crippen LogP contribution in [0.25, 0.3) is 0 Å². The zero-order valence-corrected chi connectivity index (χ0v) is 21.6. The number of nitrogens with one attached hydrogen (secondary N) is 3. The second-order valence-corrected chi connectivity index (χ2v) is 9.11. The molecule has 1 rings (SSSR count). The van der Waals surface area contributed by atoms with Gasteiger partial charge in [-0.2, -0.15) is 0 Å². The van der Waals surface area contributed by atoms with E-state index < -0.39 is 60.2 Å². The Kier molecular flexibility index (Phi) is 13.2. The Balaban J connectivity index is 3.01. The fourth-order valence-corrected chi connectivity index (χ4v) is 3.44. The van der Waals surface area contributed by atoms with Crippen molar-refractivity contribution in [3.63, 3.8) is 0 Å². The van der Waals surface area contributed by atoms with E-state index in [-0.39, 0.29) is 24.7 Å². The molecule has 38 heavy (non-hydrogen) atoms. The molecule has 0 aliphatic heterocycles. The lowest BCUT2D eigenvalue weighted by Gasteiger charge is -2.27. The van der Waals surface area contributed by atoms with Crippen molar-refractivity contribution >= 4 is 35.6 Å². The molecule has 0 radical (unpaired) electrons. The third kappa shape index (κ3) is 11.7. The van der Waals surface area contributed by atoms with E-state index >= 15 is 0 Å². The van der Waals surface area contributed by atoms with Gasteiger partial charge in [-0.25, -0.2) is 4.79 Å². The minimum Gasteiger partial charge on any atom is -0.480 e. The van der Waals surface area contributed by atoms with Gasteiger partial charge in [-0.1, -0.05) is 44.2 Å². The van der Waals surface area contributed by atoms with E-state index in [1.54, 1.807) is 44.2 Å². The average molecular weight is 535 g/mol. The van der Waals surface area contributed by atoms with Crippen LogP contribution in [0, 0.1) is 5.92 Å². The van der Waals surface area contributed by atoms with Crippen LogP contribution in [-0.4, -0.2) is 71.4 Å². The van der Waals surface area contributed by atoms with E-state index in [9.17, 15) is 29.1 Å². The van der Waals surface area contributed by atoms with Crippen molar-refractivity contribution in [2.45, 2.75) is 63.7 Å². The number of carboxylic acids is 1. The monoisotopic (exact) mass is 534 g/mol. The molecule has 0 aliphatic carbocycles. The molecule has 4 atom stereocenters. The topological polar surface area (TPSA) is 258 Å². The predicted molar refractivity (Wildman–Crippen MR) is 140 cm³/mol. The summed E-state index contributed by atoms with van der Waals surface area (Å²) >= 11 is 0. The van der Waals surface area contributed by atoms with E-state index in [0.29, 0.717) is 18.5 Å². The van der Waals surface area contributed by atoms with Gasteiger partial charge in [0.05, 0.1) is 12.5 Å². The number of carboxylic acid groups (broad SMARTS) is 1. The molecule has 14 nitrogen and oxygen atoms in total. The average Bonchev–Trinajstić information content (AvgIpc) is 2.83.